The molecule has 0 aliphatic rings. The standard InChI is InChI=1S/C11H7Cl2FN2/c1-6-15-9(5-10(13)16-6)11-7(12)3-2-4-8(11)14/h2-5H,1H3. The van der Waals surface area contributed by atoms with Crippen LogP contribution >= 0.6 is 23.2 Å². The smallest absolute Gasteiger partial charge is 0.134 e. The minimum Gasteiger partial charge on any atom is -0.233 e. The molecule has 2 nitrogen and oxygen atoms in total. The molecule has 0 radical (unpaired) electrons. The summed E-state index contributed by atoms with van der Waals surface area (Å²) in [6, 6.07) is 5.95. The third-order valence-electron chi connectivity index (χ3n) is 2.03. The first kappa shape index (κ1) is 11.3. The van der Waals surface area contributed by atoms with Gasteiger partial charge in [0.1, 0.15) is 16.8 Å². The van der Waals surface area contributed by atoms with E-state index in [4.69, 9.17) is 23.2 Å². The van der Waals surface area contributed by atoms with Crippen molar-refractivity contribution in [1.29, 1.82) is 0 Å². The Morgan fingerprint density at radius 2 is 1.94 bits per heavy atom. The van der Waals surface area contributed by atoms with Crippen LogP contribution < -0.4 is 0 Å². The summed E-state index contributed by atoms with van der Waals surface area (Å²) in [5.41, 5.74) is 0.636. The Morgan fingerprint density at radius 1 is 1.19 bits per heavy atom. The van der Waals surface area contributed by atoms with E-state index in [0.717, 1.165) is 0 Å². The lowest BCUT2D eigenvalue weighted by Gasteiger charge is -2.06. The van der Waals surface area contributed by atoms with Gasteiger partial charge in [0.15, 0.2) is 0 Å². The second-order valence-corrected chi connectivity index (χ2v) is 4.01. The molecule has 0 aliphatic carbocycles. The molecule has 0 unspecified atom stereocenters. The van der Waals surface area contributed by atoms with Crippen LogP contribution in [0.15, 0.2) is 24.3 Å². The average Bonchev–Trinajstić information content (AvgIpc) is 2.15. The zero-order valence-corrected chi connectivity index (χ0v) is 9.85. The van der Waals surface area contributed by atoms with Crippen molar-refractivity contribution in [1.82, 2.24) is 9.97 Å². The number of nitrogens with zero attached hydrogens (tertiary/aromatic N) is 2. The highest BCUT2D eigenvalue weighted by Crippen LogP contribution is 2.30. The van der Waals surface area contributed by atoms with Gasteiger partial charge >= 0.3 is 0 Å². The van der Waals surface area contributed by atoms with E-state index in [9.17, 15) is 4.39 Å². The van der Waals surface area contributed by atoms with Crippen molar-refractivity contribution in [2.45, 2.75) is 6.92 Å². The Morgan fingerprint density at radius 3 is 2.56 bits per heavy atom. The summed E-state index contributed by atoms with van der Waals surface area (Å²) in [5, 5.41) is 0.566. The van der Waals surface area contributed by atoms with Gasteiger partial charge in [0.25, 0.3) is 0 Å². The second-order valence-electron chi connectivity index (χ2n) is 3.22. The van der Waals surface area contributed by atoms with Crippen molar-refractivity contribution in [3.63, 3.8) is 0 Å². The Balaban J connectivity index is 2.67. The van der Waals surface area contributed by atoms with Crippen LogP contribution in [0.4, 0.5) is 4.39 Å². The first-order chi connectivity index (χ1) is 7.58. The van der Waals surface area contributed by atoms with E-state index in [1.807, 2.05) is 0 Å². The van der Waals surface area contributed by atoms with Gasteiger partial charge in [-0.25, -0.2) is 14.4 Å². The summed E-state index contributed by atoms with van der Waals surface area (Å²) in [5.74, 6) is 0.0449. The third-order valence-corrected chi connectivity index (χ3v) is 2.53. The predicted octanol–water partition coefficient (Wildman–Crippen LogP) is 3.90. The zero-order chi connectivity index (χ0) is 11.7. The van der Waals surface area contributed by atoms with Crippen molar-refractivity contribution in [2.75, 3.05) is 0 Å². The Kier molecular flexibility index (Phi) is 3.08. The van der Waals surface area contributed by atoms with Crippen LogP contribution in [-0.4, -0.2) is 9.97 Å². The number of benzene rings is 1. The highest BCUT2D eigenvalue weighted by atomic mass is 35.5. The zero-order valence-electron chi connectivity index (χ0n) is 8.34. The molecule has 0 N–H and O–H groups in total. The molecule has 0 amide bonds. The van der Waals surface area contributed by atoms with Crippen molar-refractivity contribution >= 4 is 23.2 Å². The number of aryl methyl sites for hydroxylation is 1. The molecule has 0 saturated heterocycles. The maximum Gasteiger partial charge on any atom is 0.134 e. The van der Waals surface area contributed by atoms with E-state index in [1.54, 1.807) is 13.0 Å². The molecule has 2 aromatic rings. The highest BCUT2D eigenvalue weighted by Gasteiger charge is 2.12. The monoisotopic (exact) mass is 256 g/mol. The van der Waals surface area contributed by atoms with E-state index in [-0.39, 0.29) is 10.7 Å². The Hall–Kier alpha value is -1.19. The lowest BCUT2D eigenvalue weighted by atomic mass is 10.1. The van der Waals surface area contributed by atoms with Crippen LogP contribution in [0.1, 0.15) is 5.82 Å². The van der Waals surface area contributed by atoms with Crippen LogP contribution in [0.3, 0.4) is 0 Å². The van der Waals surface area contributed by atoms with Crippen LogP contribution in [0.5, 0.6) is 0 Å². The van der Waals surface area contributed by atoms with Gasteiger partial charge in [-0.05, 0) is 19.1 Å². The Bertz CT molecular complexity index is 503. The topological polar surface area (TPSA) is 25.8 Å². The van der Waals surface area contributed by atoms with Gasteiger partial charge in [-0.15, -0.1) is 0 Å². The molecule has 5 heteroatoms. The summed E-state index contributed by atoms with van der Waals surface area (Å²) >= 11 is 11.7. The van der Waals surface area contributed by atoms with Gasteiger partial charge in [-0.1, -0.05) is 29.3 Å². The first-order valence-corrected chi connectivity index (χ1v) is 5.29. The van der Waals surface area contributed by atoms with Gasteiger partial charge in [0.2, 0.25) is 0 Å². The molecule has 1 aromatic heterocycles. The fourth-order valence-electron chi connectivity index (χ4n) is 1.40. The molecule has 0 spiro atoms. The van der Waals surface area contributed by atoms with Crippen molar-refractivity contribution < 1.29 is 4.39 Å². The number of rotatable bonds is 1. The fourth-order valence-corrected chi connectivity index (χ4v) is 1.89. The maximum atomic E-state index is 13.6. The van der Waals surface area contributed by atoms with Crippen molar-refractivity contribution in [3.8, 4) is 11.3 Å². The van der Waals surface area contributed by atoms with E-state index >= 15 is 0 Å². The number of halogens is 3. The Labute approximate surface area is 102 Å². The summed E-state index contributed by atoms with van der Waals surface area (Å²) < 4.78 is 13.6. The quantitative estimate of drug-likeness (QED) is 0.724. The SMILES string of the molecule is Cc1nc(Cl)cc(-c2c(F)cccc2Cl)n1. The number of aromatic nitrogens is 2. The van der Waals surface area contributed by atoms with Gasteiger partial charge in [-0.3, -0.25) is 0 Å². The summed E-state index contributed by atoms with van der Waals surface area (Å²) in [7, 11) is 0. The van der Waals surface area contributed by atoms with Crippen LogP contribution in [0, 0.1) is 12.7 Å². The van der Waals surface area contributed by atoms with Crippen LogP contribution in [0.25, 0.3) is 11.3 Å². The largest absolute Gasteiger partial charge is 0.233 e. The minimum atomic E-state index is -0.429. The molecule has 1 heterocycles. The second kappa shape index (κ2) is 4.36. The van der Waals surface area contributed by atoms with Gasteiger partial charge in [0, 0.05) is 6.07 Å². The number of hydrogen-bond acceptors (Lipinski definition) is 2. The van der Waals surface area contributed by atoms with Crippen LogP contribution in [0.2, 0.25) is 10.2 Å². The molecular weight excluding hydrogens is 250 g/mol. The van der Waals surface area contributed by atoms with Crippen molar-refractivity contribution in [2.24, 2.45) is 0 Å². The molecule has 0 saturated carbocycles. The molecule has 16 heavy (non-hydrogen) atoms. The normalized spacial score (nSPS) is 10.5. The summed E-state index contributed by atoms with van der Waals surface area (Å²) in [4.78, 5) is 8.01. The predicted molar refractivity (Wildman–Crippen MR) is 62.2 cm³/mol. The molecular formula is C11H7Cl2FN2. The molecule has 82 valence electrons. The van der Waals surface area contributed by atoms with E-state index in [1.165, 1.54) is 18.2 Å². The van der Waals surface area contributed by atoms with E-state index < -0.39 is 5.82 Å². The highest BCUT2D eigenvalue weighted by molar-refractivity contribution is 6.33. The van der Waals surface area contributed by atoms with E-state index in [0.29, 0.717) is 16.5 Å². The van der Waals surface area contributed by atoms with Gasteiger partial charge < -0.3 is 0 Å². The maximum absolute atomic E-state index is 13.6. The molecule has 0 bridgehead atoms. The fraction of sp³-hybridized carbons (Fsp3) is 0.0909. The van der Waals surface area contributed by atoms with Crippen LogP contribution in [-0.2, 0) is 0 Å². The molecule has 0 aliphatic heterocycles. The molecule has 2 rings (SSSR count). The average molecular weight is 257 g/mol. The van der Waals surface area contributed by atoms with Crippen molar-refractivity contribution in [3.05, 3.63) is 46.1 Å². The van der Waals surface area contributed by atoms with E-state index in [2.05, 4.69) is 9.97 Å². The summed E-state index contributed by atoms with van der Waals surface area (Å²) in [6.07, 6.45) is 0. The molecule has 1 aromatic carbocycles. The summed E-state index contributed by atoms with van der Waals surface area (Å²) in [6.45, 7) is 1.68. The third kappa shape index (κ3) is 2.15. The van der Waals surface area contributed by atoms with Gasteiger partial charge in [-0.2, -0.15) is 0 Å². The first-order valence-electron chi connectivity index (χ1n) is 4.53. The molecule has 0 atom stereocenters. The lowest BCUT2D eigenvalue weighted by molar-refractivity contribution is 0.630. The lowest BCUT2D eigenvalue weighted by Crippen LogP contribution is -1.94. The number of hydrogen-bond donors (Lipinski definition) is 0. The van der Waals surface area contributed by atoms with Gasteiger partial charge in [0.05, 0.1) is 16.3 Å². The minimum absolute atomic E-state index is 0.247. The molecule has 0 fully saturated rings.